The van der Waals surface area contributed by atoms with Crippen molar-refractivity contribution in [1.82, 2.24) is 9.97 Å². The van der Waals surface area contributed by atoms with Gasteiger partial charge in [0.05, 0.1) is 22.4 Å². The maximum absolute atomic E-state index is 11.6. The number of thiophene rings is 1. The molecule has 2 saturated heterocycles. The molecular formula is C34H35N9OS2. The molecule has 5 aromatic rings. The molecule has 1 amide bonds. The lowest BCUT2D eigenvalue weighted by Gasteiger charge is -2.37. The summed E-state index contributed by atoms with van der Waals surface area (Å²) in [6.45, 7) is 7.30. The van der Waals surface area contributed by atoms with Crippen LogP contribution in [0.3, 0.4) is 0 Å². The summed E-state index contributed by atoms with van der Waals surface area (Å²) in [5, 5.41) is 10.1. The largest absolute Gasteiger partial charge is 0.397 e. The van der Waals surface area contributed by atoms with E-state index in [0.29, 0.717) is 20.8 Å². The van der Waals surface area contributed by atoms with E-state index in [1.807, 2.05) is 30.5 Å². The Labute approximate surface area is 277 Å². The molecule has 0 atom stereocenters. The molecule has 10 nitrogen and oxygen atoms in total. The van der Waals surface area contributed by atoms with Crippen LogP contribution in [0.5, 0.6) is 0 Å². The Morgan fingerprint density at radius 2 is 1.33 bits per heavy atom. The number of benzene rings is 2. The fourth-order valence-corrected chi connectivity index (χ4v) is 7.16. The van der Waals surface area contributed by atoms with Crippen molar-refractivity contribution in [3.05, 3.63) is 100 Å². The van der Waals surface area contributed by atoms with Gasteiger partial charge >= 0.3 is 0 Å². The monoisotopic (exact) mass is 649 g/mol. The Morgan fingerprint density at radius 3 is 1.85 bits per heavy atom. The molecule has 3 aromatic heterocycles. The predicted octanol–water partition coefficient (Wildman–Crippen LogP) is 5.25. The average Bonchev–Trinajstić information content (AvgIpc) is 3.46. The third-order valence-corrected chi connectivity index (χ3v) is 9.81. The number of nitrogens with two attached hydrogens (primary N) is 2. The first-order valence-corrected chi connectivity index (χ1v) is 16.4. The molecule has 2 aliphatic heterocycles. The molecule has 46 heavy (non-hydrogen) atoms. The van der Waals surface area contributed by atoms with E-state index in [2.05, 4.69) is 84.2 Å². The lowest BCUT2D eigenvalue weighted by Crippen LogP contribution is -2.46. The van der Waals surface area contributed by atoms with Gasteiger partial charge in [-0.3, -0.25) is 4.79 Å². The number of piperazine rings is 2. The maximum atomic E-state index is 11.6. The second-order valence-electron chi connectivity index (χ2n) is 11.0. The molecule has 0 aliphatic carbocycles. The second kappa shape index (κ2) is 13.9. The van der Waals surface area contributed by atoms with E-state index >= 15 is 0 Å². The SMILES string of the molecule is N#Cc1c(N2CCN(c3ccccc3)CC2)cc[nH]c1=S.NC(=O)c1sc2nccc(N3CCN(c4ccccc4)CC3)c2c1N. The predicted molar refractivity (Wildman–Crippen MR) is 191 cm³/mol. The summed E-state index contributed by atoms with van der Waals surface area (Å²) in [5.41, 5.74) is 17.1. The number of nitrogens with zero attached hydrogens (tertiary/aromatic N) is 6. The number of pyridine rings is 2. The second-order valence-corrected chi connectivity index (χ2v) is 12.4. The third-order valence-electron chi connectivity index (χ3n) is 8.36. The van der Waals surface area contributed by atoms with Crippen molar-refractivity contribution in [2.24, 2.45) is 5.73 Å². The number of nitrogen functional groups attached to an aromatic ring is 1. The minimum absolute atomic E-state index is 0.387. The Hall–Kier alpha value is -5.12. The number of amides is 1. The van der Waals surface area contributed by atoms with Gasteiger partial charge < -0.3 is 36.1 Å². The molecule has 0 saturated carbocycles. The van der Waals surface area contributed by atoms with Gasteiger partial charge in [-0.25, -0.2) is 4.98 Å². The van der Waals surface area contributed by atoms with Crippen LogP contribution < -0.4 is 31.1 Å². The topological polar surface area (TPSA) is 135 Å². The van der Waals surface area contributed by atoms with Gasteiger partial charge in [-0.15, -0.1) is 11.3 Å². The molecule has 5 heterocycles. The summed E-state index contributed by atoms with van der Waals surface area (Å²) in [6, 6.07) is 27.0. The van der Waals surface area contributed by atoms with E-state index in [-0.39, 0.29) is 0 Å². The summed E-state index contributed by atoms with van der Waals surface area (Å²) in [5.74, 6) is -0.500. The van der Waals surface area contributed by atoms with E-state index in [1.165, 1.54) is 22.7 Å². The fraction of sp³-hybridized carbons (Fsp3) is 0.235. The molecule has 12 heteroatoms. The van der Waals surface area contributed by atoms with Crippen LogP contribution in [-0.2, 0) is 0 Å². The molecule has 0 unspecified atom stereocenters. The number of nitrogens with one attached hydrogen (secondary N) is 1. The number of carbonyl (C=O) groups excluding carboxylic acids is 1. The zero-order valence-electron chi connectivity index (χ0n) is 25.3. The van der Waals surface area contributed by atoms with E-state index in [1.54, 1.807) is 6.20 Å². The molecule has 5 N–H and O–H groups in total. The summed E-state index contributed by atoms with van der Waals surface area (Å²) < 4.78 is 0.514. The lowest BCUT2D eigenvalue weighted by molar-refractivity contribution is 0.100. The van der Waals surface area contributed by atoms with Gasteiger partial charge in [0.1, 0.15) is 26.0 Å². The fourth-order valence-electron chi connectivity index (χ4n) is 6.00. The molecule has 7 rings (SSSR count). The maximum Gasteiger partial charge on any atom is 0.260 e. The average molecular weight is 650 g/mol. The Bertz CT molecular complexity index is 1900. The first-order valence-electron chi connectivity index (χ1n) is 15.1. The van der Waals surface area contributed by atoms with Crippen molar-refractivity contribution >= 4 is 68.1 Å². The van der Waals surface area contributed by atoms with Gasteiger partial charge in [0.15, 0.2) is 0 Å². The summed E-state index contributed by atoms with van der Waals surface area (Å²) >= 11 is 6.45. The number of nitriles is 1. The van der Waals surface area contributed by atoms with Crippen LogP contribution in [0.25, 0.3) is 10.2 Å². The third kappa shape index (κ3) is 6.47. The van der Waals surface area contributed by atoms with Gasteiger partial charge in [0.25, 0.3) is 5.91 Å². The summed E-state index contributed by atoms with van der Waals surface area (Å²) in [6.07, 6.45) is 3.57. The van der Waals surface area contributed by atoms with E-state index in [4.69, 9.17) is 23.7 Å². The number of anilines is 5. The Kier molecular flexibility index (Phi) is 9.33. The normalized spacial score (nSPS) is 14.8. The Morgan fingerprint density at radius 1 is 0.804 bits per heavy atom. The van der Waals surface area contributed by atoms with Crippen molar-refractivity contribution in [2.45, 2.75) is 0 Å². The number of carbonyl (C=O) groups is 1. The van der Waals surface area contributed by atoms with Crippen LogP contribution in [0.2, 0.25) is 0 Å². The molecule has 0 bridgehead atoms. The van der Waals surface area contributed by atoms with Crippen LogP contribution in [0.15, 0.2) is 85.2 Å². The van der Waals surface area contributed by atoms with Crippen molar-refractivity contribution in [3.63, 3.8) is 0 Å². The van der Waals surface area contributed by atoms with Gasteiger partial charge in [-0.05, 0) is 36.4 Å². The lowest BCUT2D eigenvalue weighted by atomic mass is 10.1. The number of aromatic amines is 1. The number of aromatic nitrogens is 2. The molecule has 2 aromatic carbocycles. The summed E-state index contributed by atoms with van der Waals surface area (Å²) in [7, 11) is 0. The van der Waals surface area contributed by atoms with Gasteiger partial charge in [0, 0.05) is 76.1 Å². The highest BCUT2D eigenvalue weighted by Crippen LogP contribution is 2.38. The van der Waals surface area contributed by atoms with E-state index in [0.717, 1.165) is 73.9 Å². The minimum Gasteiger partial charge on any atom is -0.397 e. The molecule has 234 valence electrons. The highest BCUT2D eigenvalue weighted by atomic mass is 32.1. The van der Waals surface area contributed by atoms with Crippen molar-refractivity contribution < 1.29 is 4.79 Å². The van der Waals surface area contributed by atoms with Gasteiger partial charge in [-0.1, -0.05) is 48.6 Å². The zero-order valence-corrected chi connectivity index (χ0v) is 26.9. The van der Waals surface area contributed by atoms with Crippen LogP contribution in [0.4, 0.5) is 28.4 Å². The molecule has 0 radical (unpaired) electrons. The van der Waals surface area contributed by atoms with E-state index in [9.17, 15) is 10.1 Å². The van der Waals surface area contributed by atoms with E-state index < -0.39 is 5.91 Å². The number of para-hydroxylation sites is 2. The highest BCUT2D eigenvalue weighted by molar-refractivity contribution is 7.71. The quantitative estimate of drug-likeness (QED) is 0.218. The van der Waals surface area contributed by atoms with Crippen LogP contribution in [0.1, 0.15) is 15.2 Å². The number of primary amides is 1. The number of fused-ring (bicyclic) bond motifs is 1. The standard InChI is InChI=1S/C18H19N5OS.C16H16N4S/c19-15-14-13(6-7-21-18(14)25-16(15)17(20)24)23-10-8-22(9-11-23)12-4-2-1-3-5-12;17-12-14-15(6-7-18-16(14)21)20-10-8-19(9-11-20)13-4-2-1-3-5-13/h1-7H,8-11,19H2,(H2,20,24);1-7H,8-11H2,(H,18,21). The van der Waals surface area contributed by atoms with Crippen LogP contribution >= 0.6 is 23.6 Å². The first kappa shape index (κ1) is 30.9. The Balaban J connectivity index is 0.000000164. The van der Waals surface area contributed by atoms with Crippen molar-refractivity contribution in [1.29, 1.82) is 5.26 Å². The van der Waals surface area contributed by atoms with Crippen LogP contribution in [-0.4, -0.2) is 68.2 Å². The summed E-state index contributed by atoms with van der Waals surface area (Å²) in [4.78, 5) is 29.3. The van der Waals surface area contributed by atoms with Crippen molar-refractivity contribution in [2.75, 3.05) is 77.7 Å². The molecule has 2 fully saturated rings. The highest BCUT2D eigenvalue weighted by Gasteiger charge is 2.24. The number of rotatable bonds is 5. The van der Waals surface area contributed by atoms with Crippen LogP contribution in [0, 0.1) is 16.0 Å². The zero-order chi connectivity index (χ0) is 32.0. The number of hydrogen-bond acceptors (Lipinski definition) is 10. The molecule has 0 spiro atoms. The molecular weight excluding hydrogens is 615 g/mol. The van der Waals surface area contributed by atoms with Crippen molar-refractivity contribution in [3.8, 4) is 6.07 Å². The smallest absolute Gasteiger partial charge is 0.260 e. The minimum atomic E-state index is -0.500. The van der Waals surface area contributed by atoms with Gasteiger partial charge in [0.2, 0.25) is 0 Å². The number of hydrogen-bond donors (Lipinski definition) is 3. The van der Waals surface area contributed by atoms with Gasteiger partial charge in [-0.2, -0.15) is 5.26 Å². The first-order chi connectivity index (χ1) is 22.4. The number of H-pyrrole nitrogens is 1. The molecule has 2 aliphatic rings.